The van der Waals surface area contributed by atoms with Gasteiger partial charge in [-0.1, -0.05) is 36.4 Å². The third kappa shape index (κ3) is 3.72. The number of carbonyl (C=O) groups excluding carboxylic acids is 1. The molecule has 0 spiro atoms. The number of rotatable bonds is 5. The highest BCUT2D eigenvalue weighted by molar-refractivity contribution is 5.94. The summed E-state index contributed by atoms with van der Waals surface area (Å²) in [7, 11) is 3.99. The van der Waals surface area contributed by atoms with Gasteiger partial charge in [0.15, 0.2) is 5.43 Å². The van der Waals surface area contributed by atoms with Crippen molar-refractivity contribution >= 4 is 33.4 Å². The largest absolute Gasteiger partial charge is 0.378 e. The molecular formula is C24H23N3O2. The van der Waals surface area contributed by atoms with Crippen molar-refractivity contribution in [2.24, 2.45) is 0 Å². The van der Waals surface area contributed by atoms with Gasteiger partial charge in [-0.25, -0.2) is 0 Å². The summed E-state index contributed by atoms with van der Waals surface area (Å²) in [6.45, 7) is 0.611. The van der Waals surface area contributed by atoms with Crippen molar-refractivity contribution in [2.45, 2.75) is 13.1 Å². The van der Waals surface area contributed by atoms with E-state index in [-0.39, 0.29) is 17.9 Å². The number of fused-ring (bicyclic) bond motifs is 2. The molecule has 0 saturated heterocycles. The molecule has 29 heavy (non-hydrogen) atoms. The molecule has 0 atom stereocenters. The van der Waals surface area contributed by atoms with Crippen LogP contribution in [0.5, 0.6) is 0 Å². The van der Waals surface area contributed by atoms with Crippen LogP contribution in [-0.2, 0) is 17.9 Å². The van der Waals surface area contributed by atoms with E-state index >= 15 is 0 Å². The third-order valence-corrected chi connectivity index (χ3v) is 5.12. The van der Waals surface area contributed by atoms with Gasteiger partial charge in [0.05, 0.1) is 11.0 Å². The van der Waals surface area contributed by atoms with E-state index in [1.165, 1.54) is 0 Å². The molecule has 4 rings (SSSR count). The normalized spacial score (nSPS) is 11.0. The standard InChI is InChI=1S/C24H23N3O2/c1-26(2)18-13-11-17(12-14-18)15-25-23(28)16-27-21-9-5-3-7-19(21)24(29)20-8-4-6-10-22(20)27/h3-14H,15-16H2,1-2H3,(H,25,28). The van der Waals surface area contributed by atoms with Crippen molar-refractivity contribution in [3.8, 4) is 0 Å². The molecule has 0 radical (unpaired) electrons. The van der Waals surface area contributed by atoms with E-state index < -0.39 is 0 Å². The highest BCUT2D eigenvalue weighted by Crippen LogP contribution is 2.19. The number of benzene rings is 3. The fourth-order valence-corrected chi connectivity index (χ4v) is 3.56. The monoisotopic (exact) mass is 385 g/mol. The van der Waals surface area contributed by atoms with Crippen LogP contribution in [0.2, 0.25) is 0 Å². The van der Waals surface area contributed by atoms with Crippen LogP contribution in [0.4, 0.5) is 5.69 Å². The molecule has 4 aromatic rings. The van der Waals surface area contributed by atoms with Crippen molar-refractivity contribution in [3.63, 3.8) is 0 Å². The topological polar surface area (TPSA) is 54.3 Å². The number of anilines is 1. The number of pyridine rings is 1. The fraction of sp³-hybridized carbons (Fsp3) is 0.167. The number of hydrogen-bond donors (Lipinski definition) is 1. The average molecular weight is 385 g/mol. The van der Waals surface area contributed by atoms with E-state index in [1.807, 2.05) is 96.4 Å². The van der Waals surface area contributed by atoms with Gasteiger partial charge >= 0.3 is 0 Å². The SMILES string of the molecule is CN(C)c1ccc(CNC(=O)Cn2c3ccccc3c(=O)c3ccccc32)cc1. The first-order valence-electron chi connectivity index (χ1n) is 9.58. The second-order valence-corrected chi connectivity index (χ2v) is 7.29. The molecule has 0 saturated carbocycles. The van der Waals surface area contributed by atoms with Crippen LogP contribution >= 0.6 is 0 Å². The number of nitrogens with one attached hydrogen (secondary N) is 1. The molecule has 5 heteroatoms. The van der Waals surface area contributed by atoms with E-state index in [0.717, 1.165) is 22.3 Å². The van der Waals surface area contributed by atoms with Gasteiger partial charge in [-0.15, -0.1) is 0 Å². The molecule has 5 nitrogen and oxygen atoms in total. The summed E-state index contributed by atoms with van der Waals surface area (Å²) in [5, 5.41) is 4.24. The average Bonchev–Trinajstić information content (AvgIpc) is 2.75. The van der Waals surface area contributed by atoms with Gasteiger partial charge in [0.1, 0.15) is 6.54 Å². The van der Waals surface area contributed by atoms with Crippen LogP contribution in [0.15, 0.2) is 77.6 Å². The summed E-state index contributed by atoms with van der Waals surface area (Å²) >= 11 is 0. The predicted octanol–water partition coefficient (Wildman–Crippen LogP) is 3.54. The van der Waals surface area contributed by atoms with Gasteiger partial charge in [0, 0.05) is 37.1 Å². The second-order valence-electron chi connectivity index (χ2n) is 7.29. The maximum Gasteiger partial charge on any atom is 0.240 e. The Kier molecular flexibility index (Phi) is 5.04. The zero-order chi connectivity index (χ0) is 20.4. The van der Waals surface area contributed by atoms with Crippen LogP contribution in [-0.4, -0.2) is 24.6 Å². The Balaban J connectivity index is 1.60. The van der Waals surface area contributed by atoms with E-state index in [1.54, 1.807) is 0 Å². The smallest absolute Gasteiger partial charge is 0.240 e. The molecule has 146 valence electrons. The van der Waals surface area contributed by atoms with Crippen LogP contribution in [0.25, 0.3) is 21.8 Å². The maximum atomic E-state index is 12.8. The highest BCUT2D eigenvalue weighted by Gasteiger charge is 2.12. The number of hydrogen-bond acceptors (Lipinski definition) is 3. The Bertz CT molecular complexity index is 1180. The lowest BCUT2D eigenvalue weighted by molar-refractivity contribution is -0.121. The number of para-hydroxylation sites is 2. The molecule has 1 heterocycles. The minimum Gasteiger partial charge on any atom is -0.378 e. The minimum atomic E-state index is -0.0966. The maximum absolute atomic E-state index is 12.8. The molecule has 1 N–H and O–H groups in total. The van der Waals surface area contributed by atoms with Crippen LogP contribution < -0.4 is 15.6 Å². The summed E-state index contributed by atoms with van der Waals surface area (Å²) in [4.78, 5) is 27.5. The quantitative estimate of drug-likeness (QED) is 0.535. The predicted molar refractivity (Wildman–Crippen MR) is 118 cm³/mol. The number of aromatic nitrogens is 1. The Morgan fingerprint density at radius 1 is 0.862 bits per heavy atom. The third-order valence-electron chi connectivity index (χ3n) is 5.12. The summed E-state index contributed by atoms with van der Waals surface area (Å²) in [6.07, 6.45) is 0. The number of amides is 1. The van der Waals surface area contributed by atoms with Crippen molar-refractivity contribution in [3.05, 3.63) is 88.6 Å². The van der Waals surface area contributed by atoms with Crippen LogP contribution in [0.3, 0.4) is 0 Å². The lowest BCUT2D eigenvalue weighted by Gasteiger charge is -2.15. The van der Waals surface area contributed by atoms with Crippen LogP contribution in [0, 0.1) is 0 Å². The van der Waals surface area contributed by atoms with Gasteiger partial charge < -0.3 is 14.8 Å². The first kappa shape index (κ1) is 18.7. The first-order valence-corrected chi connectivity index (χ1v) is 9.58. The molecule has 0 aliphatic carbocycles. The molecule has 0 unspecified atom stereocenters. The van der Waals surface area contributed by atoms with Gasteiger partial charge in [-0.2, -0.15) is 0 Å². The van der Waals surface area contributed by atoms with E-state index in [0.29, 0.717) is 17.3 Å². The van der Waals surface area contributed by atoms with Crippen LogP contribution in [0.1, 0.15) is 5.56 Å². The fourth-order valence-electron chi connectivity index (χ4n) is 3.56. The zero-order valence-electron chi connectivity index (χ0n) is 16.6. The molecule has 1 amide bonds. The molecule has 0 aliphatic rings. The Morgan fingerprint density at radius 2 is 1.41 bits per heavy atom. The van der Waals surface area contributed by atoms with Gasteiger partial charge in [0.2, 0.25) is 5.91 Å². The van der Waals surface area contributed by atoms with Crippen molar-refractivity contribution < 1.29 is 4.79 Å². The summed E-state index contributed by atoms with van der Waals surface area (Å²) in [5.74, 6) is -0.0966. The van der Waals surface area contributed by atoms with Crippen molar-refractivity contribution in [2.75, 3.05) is 19.0 Å². The van der Waals surface area contributed by atoms with Gasteiger partial charge in [-0.05, 0) is 42.0 Å². The Morgan fingerprint density at radius 3 is 1.97 bits per heavy atom. The minimum absolute atomic E-state index is 0.00570. The highest BCUT2D eigenvalue weighted by atomic mass is 16.2. The molecule has 3 aromatic carbocycles. The zero-order valence-corrected chi connectivity index (χ0v) is 16.6. The first-order chi connectivity index (χ1) is 14.0. The molecule has 0 aliphatic heterocycles. The lowest BCUT2D eigenvalue weighted by atomic mass is 10.1. The van der Waals surface area contributed by atoms with Gasteiger partial charge in [0.25, 0.3) is 0 Å². The van der Waals surface area contributed by atoms with Crippen molar-refractivity contribution in [1.29, 1.82) is 0 Å². The Hall–Kier alpha value is -3.60. The van der Waals surface area contributed by atoms with Gasteiger partial charge in [-0.3, -0.25) is 9.59 Å². The number of carbonyl (C=O) groups is 1. The Labute approximate surface area is 169 Å². The summed E-state index contributed by atoms with van der Waals surface area (Å²) < 4.78 is 1.91. The molecule has 0 bridgehead atoms. The van der Waals surface area contributed by atoms with E-state index in [4.69, 9.17) is 0 Å². The molecular weight excluding hydrogens is 362 g/mol. The second kappa shape index (κ2) is 7.80. The molecule has 1 aromatic heterocycles. The number of nitrogens with zero attached hydrogens (tertiary/aromatic N) is 2. The van der Waals surface area contributed by atoms with E-state index in [9.17, 15) is 9.59 Å². The summed E-state index contributed by atoms with van der Waals surface area (Å²) in [6, 6.07) is 23.0. The van der Waals surface area contributed by atoms with E-state index in [2.05, 4.69) is 5.32 Å². The summed E-state index contributed by atoms with van der Waals surface area (Å²) in [5.41, 5.74) is 3.68. The molecule has 0 fully saturated rings. The lowest BCUT2D eigenvalue weighted by Crippen LogP contribution is -2.28. The van der Waals surface area contributed by atoms with Crippen molar-refractivity contribution in [1.82, 2.24) is 9.88 Å².